The first-order chi connectivity index (χ1) is 33.5. The van der Waals surface area contributed by atoms with Crippen molar-refractivity contribution in [1.82, 2.24) is 47.9 Å². The van der Waals surface area contributed by atoms with Gasteiger partial charge < -0.3 is 74.0 Å². The van der Waals surface area contributed by atoms with Crippen molar-refractivity contribution in [3.8, 4) is 0 Å². The molecule has 0 bridgehead atoms. The van der Waals surface area contributed by atoms with E-state index in [9.17, 15) is 76.1 Å². The molecule has 0 spiro atoms. The predicted molar refractivity (Wildman–Crippen MR) is 252 cm³/mol. The summed E-state index contributed by atoms with van der Waals surface area (Å²) in [5, 5.41) is 57.7. The summed E-state index contributed by atoms with van der Waals surface area (Å²) in [6.07, 6.45) is -6.18. The number of aliphatic hydroxyl groups is 1. The SMILES string of the molecule is CC[C@H](C)[C@H](NC(=O)CNC(=O)[C@H](C)NC(=O)[C@H](C)NC(=O)[C@@H](N)CCC(=O)O)C(=O)NCC(=O)N[C@H](C(=O)N[C@@H](CC(C)C)C(=O)N[C@H](C(=O)N[C@H](C(=O)O)C(C)C)[C@@H](C)O)[C@@H](C)CC.O=C(O)C(F)(F)F. The standard InChI is InChI=1S/C42H74N10O14.C2HF3O2/c1-12-21(7)32(49-28(54)17-44-35(58)23(9)46-36(59)24(10)47-37(60)26(43)14-15-30(56)57)39(62)45-18-29(55)50-33(22(8)13-2)40(63)48-27(16-19(3)4)38(61)52-34(25(11)53)41(64)51-31(20(5)6)42(65)66;3-2(4,5)1(6)7/h19-27,31-34,53H,12-18,43H2,1-11H3,(H,44,58)(H,45,62)(H,46,59)(H,47,60)(H,48,63)(H,49,54)(H,50,55)(H,51,64)(H,52,61)(H,56,57)(H,65,66);(H,6,7)/t21-,22-,23-,24-,25+,26-,27-,31-,32-,33-,34-;/m0./s1. The van der Waals surface area contributed by atoms with Gasteiger partial charge in [0.1, 0.15) is 42.3 Å². The minimum atomic E-state index is -5.08. The van der Waals surface area contributed by atoms with Gasteiger partial charge in [0.2, 0.25) is 53.2 Å². The molecule has 15 N–H and O–H groups in total. The van der Waals surface area contributed by atoms with Crippen LogP contribution in [0.1, 0.15) is 108 Å². The second-order valence-electron chi connectivity index (χ2n) is 18.1. The van der Waals surface area contributed by atoms with E-state index in [4.69, 9.17) is 20.7 Å². The average molecular weight is 1060 g/mol. The van der Waals surface area contributed by atoms with Crippen molar-refractivity contribution in [3.05, 3.63) is 0 Å². The van der Waals surface area contributed by atoms with Crippen LogP contribution in [0.5, 0.6) is 0 Å². The maximum Gasteiger partial charge on any atom is 0.490 e. The number of hydrogen-bond donors (Lipinski definition) is 14. The first-order valence-electron chi connectivity index (χ1n) is 23.4. The van der Waals surface area contributed by atoms with Gasteiger partial charge >= 0.3 is 24.1 Å². The lowest BCUT2D eigenvalue weighted by Gasteiger charge is -2.29. The van der Waals surface area contributed by atoms with Crippen molar-refractivity contribution in [2.24, 2.45) is 29.4 Å². The summed E-state index contributed by atoms with van der Waals surface area (Å²) in [5.41, 5.74) is 5.66. The number of aliphatic carboxylic acids is 3. The van der Waals surface area contributed by atoms with E-state index in [-0.39, 0.29) is 25.2 Å². The van der Waals surface area contributed by atoms with Gasteiger partial charge in [0.15, 0.2) is 0 Å². The molecular formula is C44H75F3N10O16. The molecule has 0 saturated carbocycles. The lowest BCUT2D eigenvalue weighted by molar-refractivity contribution is -0.192. The highest BCUT2D eigenvalue weighted by atomic mass is 19.4. The Bertz CT molecular complexity index is 1920. The molecule has 0 unspecified atom stereocenters. The van der Waals surface area contributed by atoms with E-state index in [0.29, 0.717) is 12.8 Å². The lowest BCUT2D eigenvalue weighted by atomic mass is 9.96. The number of nitrogens with two attached hydrogens (primary N) is 1. The van der Waals surface area contributed by atoms with Crippen LogP contribution in [-0.2, 0) is 57.5 Å². The maximum absolute atomic E-state index is 13.7. The largest absolute Gasteiger partial charge is 0.490 e. The molecule has 9 amide bonds. The molecule has 0 heterocycles. The molecular weight excluding hydrogens is 982 g/mol. The second-order valence-corrected chi connectivity index (χ2v) is 18.1. The Balaban J connectivity index is 0. The number of halogens is 3. The topological polar surface area (TPSA) is 420 Å². The molecule has 0 saturated heterocycles. The van der Waals surface area contributed by atoms with Gasteiger partial charge in [-0.2, -0.15) is 13.2 Å². The summed E-state index contributed by atoms with van der Waals surface area (Å²) in [7, 11) is 0. The minimum Gasteiger partial charge on any atom is -0.481 e. The Morgan fingerprint density at radius 3 is 1.33 bits per heavy atom. The molecule has 0 aromatic heterocycles. The first kappa shape index (κ1) is 68.4. The summed E-state index contributed by atoms with van der Waals surface area (Å²) in [6, 6.07) is -10.0. The zero-order valence-electron chi connectivity index (χ0n) is 42.9. The zero-order chi connectivity index (χ0) is 57.2. The Morgan fingerprint density at radius 1 is 0.521 bits per heavy atom. The molecule has 73 heavy (non-hydrogen) atoms. The molecule has 418 valence electrons. The van der Waals surface area contributed by atoms with Gasteiger partial charge in [-0.25, -0.2) is 9.59 Å². The van der Waals surface area contributed by atoms with Crippen molar-refractivity contribution in [2.75, 3.05) is 13.1 Å². The number of nitrogens with one attached hydrogen (secondary N) is 9. The Labute approximate surface area is 420 Å². The second kappa shape index (κ2) is 33.2. The highest BCUT2D eigenvalue weighted by Gasteiger charge is 2.39. The maximum atomic E-state index is 13.7. The van der Waals surface area contributed by atoms with Gasteiger partial charge in [-0.1, -0.05) is 68.2 Å². The Hall–Kier alpha value is -6.65. The van der Waals surface area contributed by atoms with Crippen molar-refractivity contribution in [2.45, 2.75) is 169 Å². The van der Waals surface area contributed by atoms with Gasteiger partial charge in [-0.3, -0.25) is 47.9 Å². The van der Waals surface area contributed by atoms with Crippen molar-refractivity contribution in [1.29, 1.82) is 0 Å². The molecule has 0 aromatic carbocycles. The van der Waals surface area contributed by atoms with Crippen LogP contribution in [-0.4, -0.2) is 165 Å². The highest BCUT2D eigenvalue weighted by molar-refractivity contribution is 5.97. The van der Waals surface area contributed by atoms with E-state index in [0.717, 1.165) is 0 Å². The molecule has 0 radical (unpaired) electrons. The van der Waals surface area contributed by atoms with E-state index in [1.54, 1.807) is 55.4 Å². The molecule has 0 aliphatic heterocycles. The predicted octanol–water partition coefficient (Wildman–Crippen LogP) is -2.26. The minimum absolute atomic E-state index is 0.0741. The lowest BCUT2D eigenvalue weighted by Crippen LogP contribution is -2.61. The average Bonchev–Trinajstić information content (AvgIpc) is 3.29. The number of carboxylic acid groups (broad SMARTS) is 3. The van der Waals surface area contributed by atoms with Crippen LogP contribution < -0.4 is 53.6 Å². The summed E-state index contributed by atoms with van der Waals surface area (Å²) < 4.78 is 31.7. The molecule has 0 fully saturated rings. The third-order valence-electron chi connectivity index (χ3n) is 10.9. The quantitative estimate of drug-likeness (QED) is 0.0361. The first-order valence-corrected chi connectivity index (χ1v) is 23.4. The fourth-order valence-electron chi connectivity index (χ4n) is 6.03. The smallest absolute Gasteiger partial charge is 0.481 e. The molecule has 0 aliphatic rings. The summed E-state index contributed by atoms with van der Waals surface area (Å²) in [6.45, 7) is 16.2. The van der Waals surface area contributed by atoms with Crippen molar-refractivity contribution >= 4 is 71.1 Å². The summed E-state index contributed by atoms with van der Waals surface area (Å²) in [4.78, 5) is 149. The normalized spacial score (nSPS) is 15.7. The number of aliphatic hydroxyl groups excluding tert-OH is 1. The monoisotopic (exact) mass is 1060 g/mol. The number of hydrogen-bond acceptors (Lipinski definition) is 14. The molecule has 26 nitrogen and oxygen atoms in total. The van der Waals surface area contributed by atoms with Crippen molar-refractivity contribution in [3.63, 3.8) is 0 Å². The summed E-state index contributed by atoms with van der Waals surface area (Å²) >= 11 is 0. The fraction of sp³-hybridized carbons (Fsp3) is 0.727. The number of alkyl halides is 3. The van der Waals surface area contributed by atoms with E-state index in [1.165, 1.54) is 20.8 Å². The Morgan fingerprint density at radius 2 is 0.932 bits per heavy atom. The zero-order valence-corrected chi connectivity index (χ0v) is 42.9. The van der Waals surface area contributed by atoms with E-state index >= 15 is 0 Å². The van der Waals surface area contributed by atoms with Crippen LogP contribution in [0.15, 0.2) is 0 Å². The number of carbonyl (C=O) groups is 12. The van der Waals surface area contributed by atoms with Gasteiger partial charge in [-0.15, -0.1) is 0 Å². The van der Waals surface area contributed by atoms with Crippen molar-refractivity contribution < 1.29 is 91.1 Å². The fourth-order valence-corrected chi connectivity index (χ4v) is 6.03. The summed E-state index contributed by atoms with van der Waals surface area (Å²) in [5.74, 6) is -14.0. The third-order valence-corrected chi connectivity index (χ3v) is 10.9. The van der Waals surface area contributed by atoms with Crippen LogP contribution in [0.25, 0.3) is 0 Å². The molecule has 11 atom stereocenters. The molecule has 0 rings (SSSR count). The van der Waals surface area contributed by atoms with Gasteiger partial charge in [0.05, 0.1) is 25.2 Å². The molecule has 0 aliphatic carbocycles. The Kier molecular flexibility index (Phi) is 31.1. The van der Waals surface area contributed by atoms with E-state index in [2.05, 4.69) is 47.9 Å². The van der Waals surface area contributed by atoms with E-state index in [1.807, 2.05) is 0 Å². The number of carbonyl (C=O) groups excluding carboxylic acids is 9. The number of carboxylic acids is 3. The van der Waals surface area contributed by atoms with Crippen LogP contribution >= 0.6 is 0 Å². The molecule has 0 aromatic rings. The van der Waals surface area contributed by atoms with Gasteiger partial charge in [0.25, 0.3) is 0 Å². The highest BCUT2D eigenvalue weighted by Crippen LogP contribution is 2.14. The number of amides is 9. The molecule has 29 heteroatoms. The number of rotatable bonds is 30. The van der Waals surface area contributed by atoms with Crippen LogP contribution in [0, 0.1) is 23.7 Å². The van der Waals surface area contributed by atoms with Gasteiger partial charge in [-0.05, 0) is 57.3 Å². The van der Waals surface area contributed by atoms with E-state index < -0.39 is 163 Å². The third kappa shape index (κ3) is 27.1. The van der Waals surface area contributed by atoms with Gasteiger partial charge in [0, 0.05) is 6.42 Å². The van der Waals surface area contributed by atoms with Crippen LogP contribution in [0.2, 0.25) is 0 Å². The van der Waals surface area contributed by atoms with Crippen LogP contribution in [0.3, 0.4) is 0 Å². The van der Waals surface area contributed by atoms with Crippen LogP contribution in [0.4, 0.5) is 13.2 Å².